The molecule has 1 radical (unpaired) electrons. The van der Waals surface area contributed by atoms with Crippen LogP contribution in [-0.2, 0) is 16.0 Å². The van der Waals surface area contributed by atoms with Crippen LogP contribution in [0.2, 0.25) is 0 Å². The monoisotopic (exact) mass is 405 g/mol. The summed E-state index contributed by atoms with van der Waals surface area (Å²) in [5.74, 6) is -0.483. The van der Waals surface area contributed by atoms with Crippen LogP contribution in [0, 0.1) is 44.1 Å². The van der Waals surface area contributed by atoms with Crippen LogP contribution in [0.15, 0.2) is 30.3 Å². The quantitative estimate of drug-likeness (QED) is 0.721. The second kappa shape index (κ2) is 7.39. The average molecular weight is 405 g/mol. The van der Waals surface area contributed by atoms with Gasteiger partial charge in [-0.1, -0.05) is 30.3 Å². The number of methoxy groups -OCH3 is 1. The zero-order valence-electron chi connectivity index (χ0n) is 8.07. The molecule has 1 rings (SSSR count). The Kier molecular flexibility index (Phi) is 7.44. The zero-order valence-corrected chi connectivity index (χ0v) is 12.8. The third-order valence-corrected chi connectivity index (χ3v) is 1.77. The Balaban J connectivity index is 0.00000169. The minimum atomic E-state index is -0.813. The van der Waals surface area contributed by atoms with E-state index in [0.29, 0.717) is 6.42 Å². The number of esters is 1. The molecule has 0 saturated heterocycles. The number of nitrogens with one attached hydrogen (secondary N) is 1. The van der Waals surface area contributed by atoms with Gasteiger partial charge < -0.3 is 10.5 Å². The normalized spacial score (nSPS) is 11.3. The minimum absolute atomic E-state index is 0. The van der Waals surface area contributed by atoms with Crippen molar-refractivity contribution >= 4 is 5.97 Å². The number of hydrogen-bond donors (Lipinski definition) is 0. The molecule has 73 valence electrons. The van der Waals surface area contributed by atoms with Crippen molar-refractivity contribution < 1.29 is 53.6 Å². The molecule has 1 atom stereocenters. The summed E-state index contributed by atoms with van der Waals surface area (Å²) in [4.78, 5) is 10.9. The van der Waals surface area contributed by atoms with E-state index >= 15 is 0 Å². The van der Waals surface area contributed by atoms with Crippen LogP contribution in [0.5, 0.6) is 0 Å². The zero-order chi connectivity index (χ0) is 9.68. The van der Waals surface area contributed by atoms with Gasteiger partial charge in [0.05, 0.1) is 7.11 Å². The fraction of sp³-hybridized carbons (Fsp3) is 0.300. The maximum Gasteiger partial charge on any atom is 0.287 e. The fourth-order valence-corrected chi connectivity index (χ4v) is 1.08. The van der Waals surface area contributed by atoms with Gasteiger partial charge in [-0.3, -0.25) is 4.79 Å². The van der Waals surface area contributed by atoms with E-state index in [1.807, 2.05) is 30.3 Å². The second-order valence-corrected chi connectivity index (χ2v) is 2.77. The first-order valence-electron chi connectivity index (χ1n) is 4.07. The first-order chi connectivity index (χ1) is 6.24. The molecule has 1 N–H and O–H groups in total. The van der Waals surface area contributed by atoms with E-state index in [1.54, 1.807) is 0 Å². The van der Waals surface area contributed by atoms with Gasteiger partial charge in [0.15, 0.2) is 0 Å². The smallest absolute Gasteiger partial charge is 0.287 e. The standard InChI is InChI=1S/C10H12NO2.Ac/c1-13-10(12)9(11)7-8-5-3-2-4-6-8;/h2-6,9,11H,7H2,1H3;/q-1;. The van der Waals surface area contributed by atoms with Crippen molar-refractivity contribution in [2.45, 2.75) is 12.5 Å². The van der Waals surface area contributed by atoms with Crippen LogP contribution < -0.4 is 0 Å². The molecule has 1 unspecified atom stereocenters. The van der Waals surface area contributed by atoms with Gasteiger partial charge in [-0.2, -0.15) is 0 Å². The van der Waals surface area contributed by atoms with Crippen molar-refractivity contribution in [1.82, 2.24) is 0 Å². The third-order valence-electron chi connectivity index (χ3n) is 1.77. The van der Waals surface area contributed by atoms with Crippen molar-refractivity contribution in [3.63, 3.8) is 0 Å². The van der Waals surface area contributed by atoms with Gasteiger partial charge in [-0.15, -0.1) is 0 Å². The third kappa shape index (κ3) is 4.54. The Bertz CT molecular complexity index is 277. The Labute approximate surface area is 120 Å². The van der Waals surface area contributed by atoms with Gasteiger partial charge in [0.1, 0.15) is 0 Å². The predicted molar refractivity (Wildman–Crippen MR) is 50.3 cm³/mol. The maximum atomic E-state index is 10.9. The molecule has 0 aliphatic rings. The van der Waals surface area contributed by atoms with Crippen LogP contribution in [0.3, 0.4) is 0 Å². The fourth-order valence-electron chi connectivity index (χ4n) is 1.08. The second-order valence-electron chi connectivity index (χ2n) is 2.77. The molecule has 1 aromatic carbocycles. The van der Waals surface area contributed by atoms with E-state index in [4.69, 9.17) is 5.73 Å². The average Bonchev–Trinajstić information content (AvgIpc) is 2.18. The number of carbonyl (C=O) groups excluding carboxylic acids is 1. The Morgan fingerprint density at radius 3 is 2.50 bits per heavy atom. The molecule has 0 bridgehead atoms. The summed E-state index contributed by atoms with van der Waals surface area (Å²) in [6, 6.07) is 8.65. The molecule has 0 saturated carbocycles. The first-order valence-corrected chi connectivity index (χ1v) is 4.07. The van der Waals surface area contributed by atoms with Crippen molar-refractivity contribution in [2.24, 2.45) is 0 Å². The van der Waals surface area contributed by atoms with Crippen LogP contribution in [0.4, 0.5) is 0 Å². The van der Waals surface area contributed by atoms with E-state index in [1.165, 1.54) is 7.11 Å². The summed E-state index contributed by atoms with van der Waals surface area (Å²) in [7, 11) is 1.30. The van der Waals surface area contributed by atoms with Crippen molar-refractivity contribution in [3.8, 4) is 0 Å². The van der Waals surface area contributed by atoms with E-state index in [-0.39, 0.29) is 44.1 Å². The number of ether oxygens (including phenoxy) is 1. The SMILES string of the molecule is COC(=O)C([NH-])Cc1ccccc1.[Ac]. The van der Waals surface area contributed by atoms with Gasteiger partial charge >= 0.3 is 0 Å². The van der Waals surface area contributed by atoms with Gasteiger partial charge in [-0.05, 0) is 18.0 Å². The van der Waals surface area contributed by atoms with Gasteiger partial charge in [-0.25, -0.2) is 0 Å². The number of rotatable bonds is 3. The Hall–Kier alpha value is 0.0916. The van der Waals surface area contributed by atoms with E-state index < -0.39 is 12.0 Å². The van der Waals surface area contributed by atoms with E-state index in [2.05, 4.69) is 4.74 Å². The summed E-state index contributed by atoms with van der Waals surface area (Å²) in [5.41, 5.74) is 8.42. The van der Waals surface area contributed by atoms with Crippen molar-refractivity contribution in [1.29, 1.82) is 0 Å². The number of carbonyl (C=O) groups is 1. The molecule has 0 fully saturated rings. The molecule has 0 aliphatic heterocycles. The Morgan fingerprint density at radius 2 is 2.00 bits per heavy atom. The maximum absolute atomic E-state index is 10.9. The number of hydrogen-bond acceptors (Lipinski definition) is 2. The minimum Gasteiger partial charge on any atom is -0.665 e. The van der Waals surface area contributed by atoms with Crippen LogP contribution in [0.1, 0.15) is 5.56 Å². The predicted octanol–water partition coefficient (Wildman–Crippen LogP) is 1.82. The molecule has 3 nitrogen and oxygen atoms in total. The molecule has 14 heavy (non-hydrogen) atoms. The molecule has 0 heterocycles. The summed E-state index contributed by atoms with van der Waals surface area (Å²) in [6.07, 6.45) is 0.410. The van der Waals surface area contributed by atoms with E-state index in [0.717, 1.165) is 5.56 Å². The van der Waals surface area contributed by atoms with Gasteiger partial charge in [0, 0.05) is 44.1 Å². The Morgan fingerprint density at radius 1 is 1.43 bits per heavy atom. The van der Waals surface area contributed by atoms with Crippen molar-refractivity contribution in [3.05, 3.63) is 41.6 Å². The molecule has 1 aromatic rings. The van der Waals surface area contributed by atoms with Gasteiger partial charge in [0.25, 0.3) is 5.97 Å². The molecular formula is C10H12AcNO2-. The van der Waals surface area contributed by atoms with Crippen LogP contribution in [0.25, 0.3) is 5.73 Å². The summed E-state index contributed by atoms with van der Waals surface area (Å²) < 4.78 is 4.46. The molecule has 0 aliphatic carbocycles. The molecule has 0 spiro atoms. The first kappa shape index (κ1) is 14.1. The largest absolute Gasteiger partial charge is 0.665 e. The molecule has 0 amide bonds. The van der Waals surface area contributed by atoms with Crippen LogP contribution in [-0.4, -0.2) is 19.1 Å². The summed E-state index contributed by atoms with van der Waals surface area (Å²) in [6.45, 7) is 0. The van der Waals surface area contributed by atoms with Gasteiger partial charge in [0.2, 0.25) is 0 Å². The molecule has 0 aromatic heterocycles. The molecule has 4 heteroatoms. The van der Waals surface area contributed by atoms with Crippen molar-refractivity contribution in [2.75, 3.05) is 7.11 Å². The summed E-state index contributed by atoms with van der Waals surface area (Å²) in [5, 5.41) is 0. The molecular weight excluding hydrogens is 393 g/mol. The summed E-state index contributed by atoms with van der Waals surface area (Å²) >= 11 is 0. The topological polar surface area (TPSA) is 50.1 Å². The van der Waals surface area contributed by atoms with Crippen LogP contribution >= 0.6 is 0 Å². The van der Waals surface area contributed by atoms with E-state index in [9.17, 15) is 4.79 Å². The number of benzene rings is 1.